The molecule has 0 radical (unpaired) electrons. The number of carbonyl (C=O) groups is 1. The second kappa shape index (κ2) is 10.5. The maximum absolute atomic E-state index is 12.7. The van der Waals surface area contributed by atoms with Gasteiger partial charge in [-0.25, -0.2) is 4.98 Å². The van der Waals surface area contributed by atoms with Gasteiger partial charge in [0, 0.05) is 11.9 Å². The standard InChI is InChI=1S/C15H15F3N6OS.C2H6/c1-26-13-10(6-19)12(23-14(20)24-13)21-7-11(25)22-9-4-2-3-8(5-9)15(16,17)18;1-2/h2-6,19H,7H2,1H3,(H,22,25)(H3,20,21,23,24);1-2H3. The van der Waals surface area contributed by atoms with Gasteiger partial charge in [0.2, 0.25) is 11.9 Å². The second-order valence-corrected chi connectivity index (χ2v) is 5.77. The van der Waals surface area contributed by atoms with Crippen LogP contribution in [0.1, 0.15) is 25.0 Å². The first-order valence-corrected chi connectivity index (χ1v) is 9.40. The minimum absolute atomic E-state index is 0.0194. The van der Waals surface area contributed by atoms with Gasteiger partial charge in [0.15, 0.2) is 0 Å². The van der Waals surface area contributed by atoms with Crippen LogP contribution < -0.4 is 16.4 Å². The molecule has 1 aromatic carbocycles. The third kappa shape index (κ3) is 6.41. The van der Waals surface area contributed by atoms with Crippen LogP contribution in [0.2, 0.25) is 0 Å². The number of anilines is 3. The third-order valence-electron chi connectivity index (χ3n) is 3.16. The number of alkyl halides is 3. The minimum Gasteiger partial charge on any atom is -0.368 e. The van der Waals surface area contributed by atoms with Crippen LogP contribution in [-0.4, -0.2) is 34.9 Å². The van der Waals surface area contributed by atoms with Crippen LogP contribution in [0.3, 0.4) is 0 Å². The second-order valence-electron chi connectivity index (χ2n) is 4.98. The van der Waals surface area contributed by atoms with Gasteiger partial charge in [0.1, 0.15) is 10.8 Å². The van der Waals surface area contributed by atoms with E-state index in [1.165, 1.54) is 23.9 Å². The topological polar surface area (TPSA) is 117 Å². The van der Waals surface area contributed by atoms with Crippen molar-refractivity contribution in [3.05, 3.63) is 35.4 Å². The van der Waals surface area contributed by atoms with Crippen molar-refractivity contribution in [1.82, 2.24) is 9.97 Å². The predicted octanol–water partition coefficient (Wildman–Crippen LogP) is 3.87. The fourth-order valence-electron chi connectivity index (χ4n) is 2.03. The summed E-state index contributed by atoms with van der Waals surface area (Å²) in [6.45, 7) is 3.72. The molecule has 0 aliphatic rings. The molecule has 0 saturated heterocycles. The fraction of sp³-hybridized carbons (Fsp3) is 0.294. The highest BCUT2D eigenvalue weighted by Crippen LogP contribution is 2.30. The molecule has 11 heteroatoms. The van der Waals surface area contributed by atoms with E-state index in [0.29, 0.717) is 10.6 Å². The van der Waals surface area contributed by atoms with Crippen molar-refractivity contribution in [2.75, 3.05) is 29.2 Å². The zero-order valence-electron chi connectivity index (χ0n) is 15.5. The zero-order chi connectivity index (χ0) is 21.3. The van der Waals surface area contributed by atoms with Gasteiger partial charge >= 0.3 is 6.18 Å². The summed E-state index contributed by atoms with van der Waals surface area (Å²) in [4.78, 5) is 19.9. The molecule has 0 aliphatic carbocycles. The van der Waals surface area contributed by atoms with E-state index in [0.717, 1.165) is 18.3 Å². The number of nitrogen functional groups attached to an aromatic ring is 1. The van der Waals surface area contributed by atoms with E-state index in [-0.39, 0.29) is 24.0 Å². The number of benzene rings is 1. The number of amides is 1. The molecular weight excluding hydrogens is 393 g/mol. The lowest BCUT2D eigenvalue weighted by molar-refractivity contribution is -0.137. The molecule has 0 aliphatic heterocycles. The summed E-state index contributed by atoms with van der Waals surface area (Å²) in [6.07, 6.45) is -1.72. The van der Waals surface area contributed by atoms with E-state index in [9.17, 15) is 18.0 Å². The normalized spacial score (nSPS) is 10.5. The van der Waals surface area contributed by atoms with Crippen LogP contribution in [-0.2, 0) is 11.0 Å². The first-order valence-electron chi connectivity index (χ1n) is 8.17. The van der Waals surface area contributed by atoms with Crippen LogP contribution in [0.25, 0.3) is 0 Å². The van der Waals surface area contributed by atoms with Gasteiger partial charge in [0.05, 0.1) is 17.7 Å². The van der Waals surface area contributed by atoms with E-state index in [1.54, 1.807) is 6.26 Å². The zero-order valence-corrected chi connectivity index (χ0v) is 16.3. The van der Waals surface area contributed by atoms with Crippen LogP contribution in [0.4, 0.5) is 30.6 Å². The molecule has 5 N–H and O–H groups in total. The van der Waals surface area contributed by atoms with Gasteiger partial charge in [-0.3, -0.25) is 4.79 Å². The van der Waals surface area contributed by atoms with E-state index < -0.39 is 17.6 Å². The molecule has 0 saturated carbocycles. The van der Waals surface area contributed by atoms with Crippen LogP contribution in [0.15, 0.2) is 29.3 Å². The number of nitrogens with one attached hydrogen (secondary N) is 3. The maximum atomic E-state index is 12.7. The SMILES string of the molecule is CC.CSc1nc(N)nc(NCC(=O)Nc2cccc(C(F)(F)F)c2)c1C=N. The summed E-state index contributed by atoms with van der Waals surface area (Å²) < 4.78 is 38.1. The highest BCUT2D eigenvalue weighted by Gasteiger charge is 2.30. The van der Waals surface area contributed by atoms with Gasteiger partial charge in [-0.2, -0.15) is 18.2 Å². The Morgan fingerprint density at radius 3 is 2.57 bits per heavy atom. The summed E-state index contributed by atoms with van der Waals surface area (Å²) in [6, 6.07) is 4.31. The number of nitrogens with two attached hydrogens (primary N) is 1. The molecule has 0 spiro atoms. The summed E-state index contributed by atoms with van der Waals surface area (Å²) in [7, 11) is 0. The lowest BCUT2D eigenvalue weighted by Crippen LogP contribution is -2.23. The molecule has 7 nitrogen and oxygen atoms in total. The summed E-state index contributed by atoms with van der Waals surface area (Å²) in [5.74, 6) is -0.417. The highest BCUT2D eigenvalue weighted by atomic mass is 32.2. The first-order chi connectivity index (χ1) is 13.2. The summed E-state index contributed by atoms with van der Waals surface area (Å²) >= 11 is 1.26. The average molecular weight is 414 g/mol. The molecule has 1 aromatic heterocycles. The first kappa shape index (κ1) is 23.2. The Morgan fingerprint density at radius 2 is 2.00 bits per heavy atom. The Balaban J connectivity index is 0.00000190. The molecule has 2 rings (SSSR count). The predicted molar refractivity (Wildman–Crippen MR) is 106 cm³/mol. The van der Waals surface area contributed by atoms with Crippen LogP contribution in [0, 0.1) is 5.41 Å². The van der Waals surface area contributed by atoms with Gasteiger partial charge < -0.3 is 21.8 Å². The van der Waals surface area contributed by atoms with Crippen LogP contribution >= 0.6 is 11.8 Å². The molecular formula is C17H21F3N6OS. The monoisotopic (exact) mass is 414 g/mol. The number of thioether (sulfide) groups is 1. The lowest BCUT2D eigenvalue weighted by Gasteiger charge is -2.12. The Kier molecular flexibility index (Phi) is 8.71. The maximum Gasteiger partial charge on any atom is 0.416 e. The smallest absolute Gasteiger partial charge is 0.368 e. The van der Waals surface area contributed by atoms with Crippen molar-refractivity contribution >= 4 is 41.3 Å². The van der Waals surface area contributed by atoms with Crippen molar-refractivity contribution in [3.63, 3.8) is 0 Å². The Morgan fingerprint density at radius 1 is 1.32 bits per heavy atom. The average Bonchev–Trinajstić information content (AvgIpc) is 2.67. The Bertz CT molecular complexity index is 829. The van der Waals surface area contributed by atoms with E-state index >= 15 is 0 Å². The minimum atomic E-state index is -4.50. The molecule has 0 fully saturated rings. The van der Waals surface area contributed by atoms with Crippen molar-refractivity contribution in [1.29, 1.82) is 5.41 Å². The molecule has 0 bridgehead atoms. The van der Waals surface area contributed by atoms with Gasteiger partial charge in [-0.05, 0) is 24.5 Å². The van der Waals surface area contributed by atoms with E-state index in [4.69, 9.17) is 11.1 Å². The van der Waals surface area contributed by atoms with E-state index in [2.05, 4.69) is 20.6 Å². The molecule has 28 heavy (non-hydrogen) atoms. The number of halogens is 3. The summed E-state index contributed by atoms with van der Waals surface area (Å²) in [5.41, 5.74) is 5.11. The Hall–Kier alpha value is -2.82. The van der Waals surface area contributed by atoms with Gasteiger partial charge in [0.25, 0.3) is 0 Å². The van der Waals surface area contributed by atoms with Crippen molar-refractivity contribution < 1.29 is 18.0 Å². The van der Waals surface area contributed by atoms with E-state index in [1.807, 2.05) is 13.8 Å². The lowest BCUT2D eigenvalue weighted by atomic mass is 10.2. The number of carbonyl (C=O) groups excluding carboxylic acids is 1. The molecule has 1 heterocycles. The quantitative estimate of drug-likeness (QED) is 0.324. The molecule has 1 amide bonds. The fourth-order valence-corrected chi connectivity index (χ4v) is 2.59. The number of hydrogen-bond acceptors (Lipinski definition) is 7. The molecule has 0 unspecified atom stereocenters. The highest BCUT2D eigenvalue weighted by molar-refractivity contribution is 7.98. The van der Waals surface area contributed by atoms with Gasteiger partial charge in [-0.15, -0.1) is 11.8 Å². The summed E-state index contributed by atoms with van der Waals surface area (Å²) in [5, 5.41) is 13.0. The molecule has 0 atom stereocenters. The van der Waals surface area contributed by atoms with Crippen molar-refractivity contribution in [2.24, 2.45) is 0 Å². The molecule has 2 aromatic rings. The van der Waals surface area contributed by atoms with Crippen LogP contribution in [0.5, 0.6) is 0 Å². The number of rotatable bonds is 6. The van der Waals surface area contributed by atoms with Crippen molar-refractivity contribution in [3.8, 4) is 0 Å². The third-order valence-corrected chi connectivity index (χ3v) is 3.85. The number of aromatic nitrogens is 2. The van der Waals surface area contributed by atoms with Crippen molar-refractivity contribution in [2.45, 2.75) is 25.0 Å². The largest absolute Gasteiger partial charge is 0.416 e. The number of hydrogen-bond donors (Lipinski definition) is 4. The van der Waals surface area contributed by atoms with Gasteiger partial charge in [-0.1, -0.05) is 19.9 Å². The molecule has 152 valence electrons. The Labute approximate surface area is 164 Å². The number of nitrogens with zero attached hydrogens (tertiary/aromatic N) is 2.